The normalized spacial score (nSPS) is 23.0. The van der Waals surface area contributed by atoms with Crippen LogP contribution < -0.4 is 5.32 Å². The van der Waals surface area contributed by atoms with E-state index in [1.54, 1.807) is 12.1 Å². The van der Waals surface area contributed by atoms with Crippen molar-refractivity contribution in [1.82, 2.24) is 10.2 Å². The van der Waals surface area contributed by atoms with Crippen LogP contribution in [0.1, 0.15) is 31.2 Å². The second kappa shape index (κ2) is 5.59. The summed E-state index contributed by atoms with van der Waals surface area (Å²) in [7, 11) is 0. The Balaban J connectivity index is 1.57. The van der Waals surface area contributed by atoms with E-state index < -0.39 is 0 Å². The van der Waals surface area contributed by atoms with E-state index in [1.807, 2.05) is 12.1 Å². The third-order valence-electron chi connectivity index (χ3n) is 4.67. The third kappa shape index (κ3) is 2.98. The van der Waals surface area contributed by atoms with Gasteiger partial charge in [0.15, 0.2) is 0 Å². The smallest absolute Gasteiger partial charge is 0.126 e. The quantitative estimate of drug-likeness (QED) is 0.900. The molecule has 1 aromatic carbocycles. The lowest BCUT2D eigenvalue weighted by Gasteiger charge is -2.41. The Morgan fingerprint density at radius 2 is 2.00 bits per heavy atom. The second-order valence-corrected chi connectivity index (χ2v) is 6.03. The molecule has 1 N–H and O–H groups in total. The lowest BCUT2D eigenvalue weighted by Crippen LogP contribution is -2.59. The van der Waals surface area contributed by atoms with Crippen LogP contribution in [-0.4, -0.2) is 36.6 Å². The summed E-state index contributed by atoms with van der Waals surface area (Å²) in [5, 5.41) is 3.72. The largest absolute Gasteiger partial charge is 0.309 e. The highest BCUT2D eigenvalue weighted by atomic mass is 19.1. The molecule has 104 valence electrons. The van der Waals surface area contributed by atoms with Crippen molar-refractivity contribution in [2.75, 3.05) is 26.2 Å². The molecule has 1 saturated heterocycles. The molecule has 1 spiro atoms. The topological polar surface area (TPSA) is 15.3 Å². The minimum absolute atomic E-state index is 0.0618. The first kappa shape index (κ1) is 13.1. The zero-order valence-electron chi connectivity index (χ0n) is 11.5. The van der Waals surface area contributed by atoms with Gasteiger partial charge in [0.1, 0.15) is 5.82 Å². The van der Waals surface area contributed by atoms with Crippen LogP contribution in [0.2, 0.25) is 0 Å². The van der Waals surface area contributed by atoms with Gasteiger partial charge < -0.3 is 5.32 Å². The molecule has 0 bridgehead atoms. The predicted molar refractivity (Wildman–Crippen MR) is 75.7 cm³/mol. The van der Waals surface area contributed by atoms with Gasteiger partial charge in [0.05, 0.1) is 0 Å². The third-order valence-corrected chi connectivity index (χ3v) is 4.67. The van der Waals surface area contributed by atoms with Gasteiger partial charge in [0.25, 0.3) is 0 Å². The van der Waals surface area contributed by atoms with Crippen molar-refractivity contribution in [3.8, 4) is 0 Å². The van der Waals surface area contributed by atoms with Crippen molar-refractivity contribution in [2.24, 2.45) is 0 Å². The fraction of sp³-hybridized carbons (Fsp3) is 0.625. The molecule has 0 aromatic heterocycles. The van der Waals surface area contributed by atoms with Gasteiger partial charge in [0, 0.05) is 31.7 Å². The maximum atomic E-state index is 13.6. The summed E-state index contributed by atoms with van der Waals surface area (Å²) in [4.78, 5) is 2.51. The molecular formula is C16H23FN2. The van der Waals surface area contributed by atoms with Gasteiger partial charge in [-0.05, 0) is 30.9 Å². The number of halogens is 1. The molecule has 3 rings (SSSR count). The summed E-state index contributed by atoms with van der Waals surface area (Å²) >= 11 is 0. The van der Waals surface area contributed by atoms with E-state index in [9.17, 15) is 4.39 Å². The second-order valence-electron chi connectivity index (χ2n) is 6.03. The standard InChI is InChI=1S/C16H23FN2/c17-15-6-2-1-5-14(15)7-11-19-12-10-18-16(13-19)8-3-4-9-16/h1-2,5-6,18H,3-4,7-13H2. The lowest BCUT2D eigenvalue weighted by molar-refractivity contribution is 0.136. The van der Waals surface area contributed by atoms with Crippen LogP contribution in [-0.2, 0) is 6.42 Å². The predicted octanol–water partition coefficient (Wildman–Crippen LogP) is 2.59. The summed E-state index contributed by atoms with van der Waals surface area (Å²) in [6, 6.07) is 7.15. The SMILES string of the molecule is Fc1ccccc1CCN1CCNC2(CCCC2)C1. The van der Waals surface area contributed by atoms with Gasteiger partial charge in [-0.1, -0.05) is 31.0 Å². The molecule has 1 aromatic rings. The Labute approximate surface area is 115 Å². The molecule has 2 aliphatic rings. The molecule has 19 heavy (non-hydrogen) atoms. The van der Waals surface area contributed by atoms with E-state index in [0.717, 1.165) is 38.2 Å². The average Bonchev–Trinajstić information content (AvgIpc) is 2.86. The molecule has 1 aliphatic heterocycles. The number of hydrogen-bond acceptors (Lipinski definition) is 2. The summed E-state index contributed by atoms with van der Waals surface area (Å²) in [6.45, 7) is 4.29. The van der Waals surface area contributed by atoms with Crippen molar-refractivity contribution in [3.05, 3.63) is 35.6 Å². The van der Waals surface area contributed by atoms with Crippen LogP contribution in [0.5, 0.6) is 0 Å². The molecule has 0 unspecified atom stereocenters. The molecule has 2 fully saturated rings. The lowest BCUT2D eigenvalue weighted by atomic mass is 9.94. The van der Waals surface area contributed by atoms with Crippen LogP contribution in [0.4, 0.5) is 4.39 Å². The van der Waals surface area contributed by atoms with Gasteiger partial charge in [-0.3, -0.25) is 4.90 Å². The summed E-state index contributed by atoms with van der Waals surface area (Å²) in [6.07, 6.45) is 6.15. The first-order valence-electron chi connectivity index (χ1n) is 7.48. The number of benzene rings is 1. The minimum atomic E-state index is -0.0618. The van der Waals surface area contributed by atoms with Crippen LogP contribution in [0.3, 0.4) is 0 Å². The minimum Gasteiger partial charge on any atom is -0.309 e. The summed E-state index contributed by atoms with van der Waals surface area (Å²) in [5.41, 5.74) is 1.22. The Hall–Kier alpha value is -0.930. The zero-order chi connectivity index (χ0) is 13.1. The first-order valence-corrected chi connectivity index (χ1v) is 7.48. The maximum absolute atomic E-state index is 13.6. The van der Waals surface area contributed by atoms with Crippen molar-refractivity contribution in [3.63, 3.8) is 0 Å². The van der Waals surface area contributed by atoms with Gasteiger partial charge in [-0.25, -0.2) is 4.39 Å². The fourth-order valence-corrected chi connectivity index (χ4v) is 3.60. The van der Waals surface area contributed by atoms with E-state index in [4.69, 9.17) is 0 Å². The monoisotopic (exact) mass is 262 g/mol. The fourth-order valence-electron chi connectivity index (χ4n) is 3.60. The summed E-state index contributed by atoms with van der Waals surface area (Å²) in [5.74, 6) is -0.0618. The van der Waals surface area contributed by atoms with Crippen molar-refractivity contribution in [2.45, 2.75) is 37.6 Å². The molecule has 1 heterocycles. The molecule has 1 saturated carbocycles. The van der Waals surface area contributed by atoms with Crippen LogP contribution in [0, 0.1) is 5.82 Å². The number of piperazine rings is 1. The molecule has 1 aliphatic carbocycles. The van der Waals surface area contributed by atoms with Gasteiger partial charge in [-0.2, -0.15) is 0 Å². The highest BCUT2D eigenvalue weighted by Crippen LogP contribution is 2.31. The van der Waals surface area contributed by atoms with Gasteiger partial charge in [0.2, 0.25) is 0 Å². The maximum Gasteiger partial charge on any atom is 0.126 e. The molecule has 0 radical (unpaired) electrons. The first-order chi connectivity index (χ1) is 9.27. The van der Waals surface area contributed by atoms with Gasteiger partial charge >= 0.3 is 0 Å². The Morgan fingerprint density at radius 3 is 2.79 bits per heavy atom. The van der Waals surface area contributed by atoms with Crippen LogP contribution in [0.25, 0.3) is 0 Å². The van der Waals surface area contributed by atoms with E-state index in [2.05, 4.69) is 10.2 Å². The highest BCUT2D eigenvalue weighted by molar-refractivity contribution is 5.17. The molecule has 0 atom stereocenters. The van der Waals surface area contributed by atoms with Crippen molar-refractivity contribution < 1.29 is 4.39 Å². The van der Waals surface area contributed by atoms with Crippen LogP contribution >= 0.6 is 0 Å². The average molecular weight is 262 g/mol. The Kier molecular flexibility index (Phi) is 3.85. The van der Waals surface area contributed by atoms with Crippen molar-refractivity contribution in [1.29, 1.82) is 0 Å². The van der Waals surface area contributed by atoms with E-state index in [1.165, 1.54) is 25.7 Å². The van der Waals surface area contributed by atoms with Crippen molar-refractivity contribution >= 4 is 0 Å². The zero-order valence-corrected chi connectivity index (χ0v) is 11.5. The Morgan fingerprint density at radius 1 is 1.21 bits per heavy atom. The Bertz CT molecular complexity index is 427. The van der Waals surface area contributed by atoms with E-state index >= 15 is 0 Å². The molecular weight excluding hydrogens is 239 g/mol. The number of rotatable bonds is 3. The van der Waals surface area contributed by atoms with E-state index in [-0.39, 0.29) is 5.82 Å². The molecule has 0 amide bonds. The number of nitrogens with zero attached hydrogens (tertiary/aromatic N) is 1. The number of nitrogens with one attached hydrogen (secondary N) is 1. The summed E-state index contributed by atoms with van der Waals surface area (Å²) < 4.78 is 13.6. The highest BCUT2D eigenvalue weighted by Gasteiger charge is 2.37. The van der Waals surface area contributed by atoms with E-state index in [0.29, 0.717) is 5.54 Å². The molecule has 3 heteroatoms. The van der Waals surface area contributed by atoms with Gasteiger partial charge in [-0.15, -0.1) is 0 Å². The van der Waals surface area contributed by atoms with Crippen LogP contribution in [0.15, 0.2) is 24.3 Å². The number of hydrogen-bond donors (Lipinski definition) is 1. The molecule has 2 nitrogen and oxygen atoms in total.